The van der Waals surface area contributed by atoms with E-state index in [0.717, 1.165) is 0 Å². The highest BCUT2D eigenvalue weighted by Crippen LogP contribution is 2.16. The Labute approximate surface area is 80.8 Å². The van der Waals surface area contributed by atoms with Gasteiger partial charge in [-0.25, -0.2) is 5.84 Å². The molecule has 0 radical (unpaired) electrons. The van der Waals surface area contributed by atoms with Crippen molar-refractivity contribution in [1.82, 2.24) is 5.43 Å². The van der Waals surface area contributed by atoms with Crippen LogP contribution in [0.3, 0.4) is 0 Å². The van der Waals surface area contributed by atoms with E-state index in [4.69, 9.17) is 10.6 Å². The van der Waals surface area contributed by atoms with Gasteiger partial charge in [0, 0.05) is 5.56 Å². The molecule has 5 nitrogen and oxygen atoms in total. The Morgan fingerprint density at radius 3 is 2.79 bits per heavy atom. The number of amides is 1. The van der Waals surface area contributed by atoms with Crippen LogP contribution in [0.25, 0.3) is 0 Å². The SMILES string of the molecule is COc1ccc(C=O)c(C(=O)NN)c1. The van der Waals surface area contributed by atoms with Crippen molar-refractivity contribution in [3.63, 3.8) is 0 Å². The molecular weight excluding hydrogens is 184 g/mol. The van der Waals surface area contributed by atoms with Crippen LogP contribution in [-0.4, -0.2) is 19.3 Å². The molecule has 3 N–H and O–H groups in total. The van der Waals surface area contributed by atoms with Gasteiger partial charge in [-0.3, -0.25) is 15.0 Å². The molecule has 0 saturated carbocycles. The molecule has 0 spiro atoms. The Kier molecular flexibility index (Phi) is 3.19. The number of ether oxygens (including phenoxy) is 1. The van der Waals surface area contributed by atoms with E-state index in [-0.39, 0.29) is 11.1 Å². The lowest BCUT2D eigenvalue weighted by molar-refractivity contribution is 0.0948. The van der Waals surface area contributed by atoms with Crippen molar-refractivity contribution < 1.29 is 14.3 Å². The number of nitrogens with one attached hydrogen (secondary N) is 1. The van der Waals surface area contributed by atoms with Crippen LogP contribution in [0.15, 0.2) is 18.2 Å². The minimum absolute atomic E-state index is 0.196. The second-order valence-corrected chi connectivity index (χ2v) is 2.54. The lowest BCUT2D eigenvalue weighted by atomic mass is 10.1. The van der Waals surface area contributed by atoms with Gasteiger partial charge >= 0.3 is 0 Å². The monoisotopic (exact) mass is 194 g/mol. The van der Waals surface area contributed by atoms with Crippen molar-refractivity contribution in [3.8, 4) is 5.75 Å². The second kappa shape index (κ2) is 4.38. The van der Waals surface area contributed by atoms with Crippen LogP contribution < -0.4 is 16.0 Å². The predicted octanol–water partition coefficient (Wildman–Crippen LogP) is 0.111. The number of nitrogens with two attached hydrogens (primary N) is 1. The highest BCUT2D eigenvalue weighted by molar-refractivity contribution is 6.01. The van der Waals surface area contributed by atoms with E-state index in [9.17, 15) is 9.59 Å². The molecule has 14 heavy (non-hydrogen) atoms. The molecule has 0 aromatic heterocycles. The summed E-state index contributed by atoms with van der Waals surface area (Å²) >= 11 is 0. The van der Waals surface area contributed by atoms with Crippen LogP contribution in [0.5, 0.6) is 5.75 Å². The van der Waals surface area contributed by atoms with Gasteiger partial charge in [0.2, 0.25) is 0 Å². The summed E-state index contributed by atoms with van der Waals surface area (Å²) in [6.45, 7) is 0. The van der Waals surface area contributed by atoms with Crippen molar-refractivity contribution in [1.29, 1.82) is 0 Å². The quantitative estimate of drug-likeness (QED) is 0.310. The van der Waals surface area contributed by atoms with E-state index in [1.165, 1.54) is 19.2 Å². The van der Waals surface area contributed by atoms with E-state index >= 15 is 0 Å². The molecule has 1 aromatic carbocycles. The molecule has 0 bridgehead atoms. The van der Waals surface area contributed by atoms with Gasteiger partial charge in [0.1, 0.15) is 5.75 Å². The second-order valence-electron chi connectivity index (χ2n) is 2.54. The molecule has 5 heteroatoms. The number of hydrogen-bond donors (Lipinski definition) is 2. The van der Waals surface area contributed by atoms with Crippen LogP contribution in [-0.2, 0) is 0 Å². The fraction of sp³-hybridized carbons (Fsp3) is 0.111. The van der Waals surface area contributed by atoms with Crippen molar-refractivity contribution in [3.05, 3.63) is 29.3 Å². The molecule has 0 saturated heterocycles. The predicted molar refractivity (Wildman–Crippen MR) is 50.0 cm³/mol. The van der Waals surface area contributed by atoms with E-state index in [1.54, 1.807) is 6.07 Å². The van der Waals surface area contributed by atoms with Gasteiger partial charge in [-0.1, -0.05) is 0 Å². The number of benzene rings is 1. The van der Waals surface area contributed by atoms with Crippen LogP contribution in [0.2, 0.25) is 0 Å². The average molecular weight is 194 g/mol. The molecule has 1 rings (SSSR count). The molecule has 74 valence electrons. The van der Waals surface area contributed by atoms with Gasteiger partial charge < -0.3 is 4.74 Å². The Balaban J connectivity index is 3.21. The summed E-state index contributed by atoms with van der Waals surface area (Å²) in [4.78, 5) is 21.8. The number of hydrogen-bond acceptors (Lipinski definition) is 4. The minimum Gasteiger partial charge on any atom is -0.497 e. The molecule has 0 unspecified atom stereocenters. The summed E-state index contributed by atoms with van der Waals surface area (Å²) < 4.78 is 4.91. The molecule has 1 aromatic rings. The Morgan fingerprint density at radius 1 is 1.57 bits per heavy atom. The average Bonchev–Trinajstić information content (AvgIpc) is 2.27. The first-order valence-corrected chi connectivity index (χ1v) is 3.87. The van der Waals surface area contributed by atoms with Crippen molar-refractivity contribution in [2.24, 2.45) is 5.84 Å². The van der Waals surface area contributed by atoms with Gasteiger partial charge in [0.05, 0.1) is 12.7 Å². The third kappa shape index (κ3) is 1.89. The number of aldehydes is 1. The Hall–Kier alpha value is -1.88. The molecule has 0 aliphatic carbocycles. The Bertz CT molecular complexity index is 363. The van der Waals surface area contributed by atoms with E-state index < -0.39 is 5.91 Å². The largest absolute Gasteiger partial charge is 0.497 e. The van der Waals surface area contributed by atoms with Crippen molar-refractivity contribution in [2.75, 3.05) is 7.11 Å². The highest BCUT2D eigenvalue weighted by atomic mass is 16.5. The maximum Gasteiger partial charge on any atom is 0.266 e. The van der Waals surface area contributed by atoms with Crippen LogP contribution in [0.1, 0.15) is 20.7 Å². The summed E-state index contributed by atoms with van der Waals surface area (Å²) in [5, 5.41) is 0. The summed E-state index contributed by atoms with van der Waals surface area (Å²) in [6, 6.07) is 4.54. The smallest absolute Gasteiger partial charge is 0.266 e. The zero-order valence-corrected chi connectivity index (χ0v) is 7.61. The zero-order chi connectivity index (χ0) is 10.6. The first kappa shape index (κ1) is 10.2. The number of nitrogen functional groups attached to an aromatic ring is 1. The maximum atomic E-state index is 11.2. The lowest BCUT2D eigenvalue weighted by Crippen LogP contribution is -2.30. The molecule has 1 amide bonds. The van der Waals surface area contributed by atoms with Gasteiger partial charge in [0.15, 0.2) is 6.29 Å². The summed E-state index contributed by atoms with van der Waals surface area (Å²) in [5.74, 6) is 4.94. The highest BCUT2D eigenvalue weighted by Gasteiger charge is 2.10. The summed E-state index contributed by atoms with van der Waals surface area (Å²) in [7, 11) is 1.47. The van der Waals surface area contributed by atoms with Crippen LogP contribution in [0.4, 0.5) is 0 Å². The van der Waals surface area contributed by atoms with Gasteiger partial charge in [-0.15, -0.1) is 0 Å². The maximum absolute atomic E-state index is 11.2. The standard InChI is InChI=1S/C9H10N2O3/c1-14-7-3-2-6(5-12)8(4-7)9(13)11-10/h2-5H,10H2,1H3,(H,11,13). The summed E-state index contributed by atoms with van der Waals surface area (Å²) in [6.07, 6.45) is 0.587. The van der Waals surface area contributed by atoms with Gasteiger partial charge in [-0.05, 0) is 18.2 Å². The molecule has 0 fully saturated rings. The number of carbonyl (C=O) groups is 2. The molecule has 0 atom stereocenters. The lowest BCUT2D eigenvalue weighted by Gasteiger charge is -2.05. The van der Waals surface area contributed by atoms with Crippen molar-refractivity contribution >= 4 is 12.2 Å². The topological polar surface area (TPSA) is 81.4 Å². The Morgan fingerprint density at radius 2 is 2.29 bits per heavy atom. The fourth-order valence-electron chi connectivity index (χ4n) is 1.04. The van der Waals surface area contributed by atoms with E-state index in [2.05, 4.69) is 0 Å². The van der Waals surface area contributed by atoms with Crippen molar-refractivity contribution in [2.45, 2.75) is 0 Å². The van der Waals surface area contributed by atoms with Crippen LogP contribution >= 0.6 is 0 Å². The third-order valence-electron chi connectivity index (χ3n) is 1.76. The minimum atomic E-state index is -0.522. The molecule has 0 heterocycles. The fourth-order valence-corrected chi connectivity index (χ4v) is 1.04. The van der Waals surface area contributed by atoms with Gasteiger partial charge in [-0.2, -0.15) is 0 Å². The van der Waals surface area contributed by atoms with E-state index in [0.29, 0.717) is 12.0 Å². The number of methoxy groups -OCH3 is 1. The first-order valence-electron chi connectivity index (χ1n) is 3.87. The first-order chi connectivity index (χ1) is 6.72. The zero-order valence-electron chi connectivity index (χ0n) is 7.61. The van der Waals surface area contributed by atoms with Crippen LogP contribution in [0, 0.1) is 0 Å². The van der Waals surface area contributed by atoms with E-state index in [1.807, 2.05) is 5.43 Å². The third-order valence-corrected chi connectivity index (χ3v) is 1.76. The molecule has 0 aliphatic rings. The molecular formula is C9H10N2O3. The number of rotatable bonds is 3. The molecule has 0 aliphatic heterocycles. The summed E-state index contributed by atoms with van der Waals surface area (Å²) in [5.41, 5.74) is 2.42. The number of carbonyl (C=O) groups excluding carboxylic acids is 2. The van der Waals surface area contributed by atoms with Gasteiger partial charge in [0.25, 0.3) is 5.91 Å². The number of hydrazine groups is 1. The normalized spacial score (nSPS) is 9.29.